The van der Waals surface area contributed by atoms with Crippen molar-refractivity contribution in [2.45, 2.75) is 26.3 Å². The normalized spacial score (nSPS) is 11.2. The van der Waals surface area contributed by atoms with E-state index in [9.17, 15) is 4.79 Å². The maximum absolute atomic E-state index is 12.7. The topological polar surface area (TPSA) is 60.9 Å². The fourth-order valence-corrected chi connectivity index (χ4v) is 2.88. The summed E-state index contributed by atoms with van der Waals surface area (Å²) in [5.74, 6) is 0. The van der Waals surface area contributed by atoms with E-state index in [1.165, 1.54) is 4.68 Å². The molecule has 3 aromatic rings. The number of benzene rings is 1. The number of nitrogens with zero attached hydrogens (tertiary/aromatic N) is 3. The van der Waals surface area contributed by atoms with Gasteiger partial charge in [-0.15, -0.1) is 0 Å². The van der Waals surface area contributed by atoms with E-state index < -0.39 is 0 Å². The Morgan fingerprint density at radius 1 is 1.32 bits per heavy atom. The van der Waals surface area contributed by atoms with Crippen LogP contribution in [0.4, 0.5) is 0 Å². The monoisotopic (exact) mass is 381 g/mol. The quantitative estimate of drug-likeness (QED) is 0.688. The first-order valence-corrected chi connectivity index (χ1v) is 8.06. The van der Waals surface area contributed by atoms with E-state index in [2.05, 4.69) is 26.2 Å². The molecule has 3 rings (SSSR count). The lowest BCUT2D eigenvalue weighted by Crippen LogP contribution is -2.24. The second-order valence-corrected chi connectivity index (χ2v) is 6.15. The molecule has 5 nitrogen and oxygen atoms in total. The van der Waals surface area contributed by atoms with Crippen molar-refractivity contribution in [1.82, 2.24) is 14.9 Å². The first-order chi connectivity index (χ1) is 10.6. The number of fused-ring (bicyclic) bond motifs is 1. The molecule has 22 heavy (non-hydrogen) atoms. The summed E-state index contributed by atoms with van der Waals surface area (Å²) in [5.41, 5.74) is 1.83. The van der Waals surface area contributed by atoms with E-state index in [4.69, 9.17) is 16.1 Å². The molecule has 0 saturated carbocycles. The summed E-state index contributed by atoms with van der Waals surface area (Å²) in [6.45, 7) is 2.39. The second kappa shape index (κ2) is 6.22. The Balaban J connectivity index is 2.10. The average molecular weight is 383 g/mol. The van der Waals surface area contributed by atoms with Gasteiger partial charge in [-0.05, 0) is 40.0 Å². The number of aryl methyl sites for hydroxylation is 1. The lowest BCUT2D eigenvalue weighted by Gasteiger charge is -2.06. The third-order valence-corrected chi connectivity index (χ3v) is 4.11. The molecule has 2 heterocycles. The van der Waals surface area contributed by atoms with Crippen LogP contribution in [0.2, 0.25) is 5.02 Å². The zero-order chi connectivity index (χ0) is 15.7. The van der Waals surface area contributed by atoms with E-state index in [0.717, 1.165) is 12.0 Å². The van der Waals surface area contributed by atoms with Crippen molar-refractivity contribution in [2.75, 3.05) is 0 Å². The summed E-state index contributed by atoms with van der Waals surface area (Å²) in [6.07, 6.45) is 1.58. The maximum atomic E-state index is 12.7. The Labute approximate surface area is 140 Å². The molecule has 7 heteroatoms. The van der Waals surface area contributed by atoms with Crippen LogP contribution in [0.5, 0.6) is 0 Å². The summed E-state index contributed by atoms with van der Waals surface area (Å²) in [4.78, 5) is 12.7. The Morgan fingerprint density at radius 3 is 2.73 bits per heavy atom. The fourth-order valence-electron chi connectivity index (χ4n) is 2.29. The SMILES string of the molecule is CCCc1noc2c(Br)nn(Cc3ccc(Cl)cc3)c(=O)c12. The van der Waals surface area contributed by atoms with E-state index in [0.29, 0.717) is 39.3 Å². The van der Waals surface area contributed by atoms with E-state index in [1.807, 2.05) is 19.1 Å². The van der Waals surface area contributed by atoms with Gasteiger partial charge in [0.05, 0.1) is 12.2 Å². The molecule has 0 saturated heterocycles. The van der Waals surface area contributed by atoms with Crippen molar-refractivity contribution in [2.24, 2.45) is 0 Å². The van der Waals surface area contributed by atoms with Crippen molar-refractivity contribution in [1.29, 1.82) is 0 Å². The highest BCUT2D eigenvalue weighted by molar-refractivity contribution is 9.10. The number of aromatic nitrogens is 3. The Bertz CT molecular complexity index is 871. The van der Waals surface area contributed by atoms with Crippen LogP contribution >= 0.6 is 27.5 Å². The fraction of sp³-hybridized carbons (Fsp3) is 0.267. The predicted octanol–water partition coefficient (Wildman–Crippen LogP) is 3.80. The third kappa shape index (κ3) is 2.80. The molecule has 0 aliphatic heterocycles. The van der Waals surface area contributed by atoms with E-state index in [1.54, 1.807) is 12.1 Å². The van der Waals surface area contributed by atoms with Gasteiger partial charge in [0, 0.05) is 5.02 Å². The van der Waals surface area contributed by atoms with Gasteiger partial charge in [-0.1, -0.05) is 42.2 Å². The Kier molecular flexibility index (Phi) is 4.31. The molecule has 0 spiro atoms. The zero-order valence-corrected chi connectivity index (χ0v) is 14.2. The molecule has 0 aliphatic carbocycles. The van der Waals surface area contributed by atoms with Crippen LogP contribution in [0.25, 0.3) is 11.0 Å². The van der Waals surface area contributed by atoms with Crippen LogP contribution in [0.1, 0.15) is 24.6 Å². The summed E-state index contributed by atoms with van der Waals surface area (Å²) < 4.78 is 7.13. The summed E-state index contributed by atoms with van der Waals surface area (Å²) in [6, 6.07) is 7.32. The Morgan fingerprint density at radius 2 is 2.05 bits per heavy atom. The standard InChI is InChI=1S/C15H13BrClN3O2/c1-2-3-11-12-13(22-19-11)14(16)18-20(15(12)21)8-9-4-6-10(17)7-5-9/h4-7H,2-3,8H2,1H3. The summed E-state index contributed by atoms with van der Waals surface area (Å²) >= 11 is 9.22. The number of halogens is 2. The van der Waals surface area contributed by atoms with Crippen LogP contribution in [0.3, 0.4) is 0 Å². The van der Waals surface area contributed by atoms with Crippen molar-refractivity contribution in [3.05, 3.63) is 55.5 Å². The van der Waals surface area contributed by atoms with Crippen molar-refractivity contribution < 1.29 is 4.52 Å². The summed E-state index contributed by atoms with van der Waals surface area (Å²) in [7, 11) is 0. The first kappa shape index (κ1) is 15.2. The van der Waals surface area contributed by atoms with Crippen molar-refractivity contribution >= 4 is 38.5 Å². The van der Waals surface area contributed by atoms with Crippen LogP contribution in [0, 0.1) is 0 Å². The minimum absolute atomic E-state index is 0.196. The molecule has 0 bridgehead atoms. The highest BCUT2D eigenvalue weighted by Gasteiger charge is 2.18. The highest BCUT2D eigenvalue weighted by atomic mass is 79.9. The van der Waals surface area contributed by atoms with Gasteiger partial charge in [0.25, 0.3) is 5.56 Å². The Hall–Kier alpha value is -1.66. The smallest absolute Gasteiger partial charge is 0.280 e. The molecule has 1 aromatic carbocycles. The molecular formula is C15H13BrClN3O2. The van der Waals surface area contributed by atoms with Crippen LogP contribution in [0.15, 0.2) is 38.2 Å². The molecule has 0 radical (unpaired) electrons. The van der Waals surface area contributed by atoms with Crippen LogP contribution in [-0.4, -0.2) is 14.9 Å². The average Bonchev–Trinajstić information content (AvgIpc) is 2.92. The lowest BCUT2D eigenvalue weighted by molar-refractivity contribution is 0.442. The van der Waals surface area contributed by atoms with Gasteiger partial charge in [0.2, 0.25) is 5.58 Å². The van der Waals surface area contributed by atoms with E-state index in [-0.39, 0.29) is 5.56 Å². The van der Waals surface area contributed by atoms with Gasteiger partial charge in [0.1, 0.15) is 5.39 Å². The molecule has 0 fully saturated rings. The number of rotatable bonds is 4. The third-order valence-electron chi connectivity index (χ3n) is 3.34. The number of hydrogen-bond donors (Lipinski definition) is 0. The van der Waals surface area contributed by atoms with Gasteiger partial charge in [-0.25, -0.2) is 4.68 Å². The molecule has 0 aliphatic rings. The first-order valence-electron chi connectivity index (χ1n) is 6.89. The number of hydrogen-bond acceptors (Lipinski definition) is 4. The molecule has 114 valence electrons. The summed E-state index contributed by atoms with van der Waals surface area (Å²) in [5, 5.41) is 9.39. The van der Waals surface area contributed by atoms with Gasteiger partial charge in [0.15, 0.2) is 4.60 Å². The van der Waals surface area contributed by atoms with Crippen molar-refractivity contribution in [3.63, 3.8) is 0 Å². The molecule has 0 atom stereocenters. The van der Waals surface area contributed by atoms with Gasteiger partial charge >= 0.3 is 0 Å². The molecule has 0 amide bonds. The minimum atomic E-state index is -0.196. The predicted molar refractivity (Wildman–Crippen MR) is 88.3 cm³/mol. The molecule has 0 N–H and O–H groups in total. The largest absolute Gasteiger partial charge is 0.353 e. The minimum Gasteiger partial charge on any atom is -0.353 e. The van der Waals surface area contributed by atoms with Gasteiger partial charge in [-0.2, -0.15) is 5.10 Å². The lowest BCUT2D eigenvalue weighted by atomic mass is 10.2. The second-order valence-electron chi connectivity index (χ2n) is 4.96. The molecular weight excluding hydrogens is 370 g/mol. The van der Waals surface area contributed by atoms with Crippen LogP contribution < -0.4 is 5.56 Å². The van der Waals surface area contributed by atoms with Gasteiger partial charge < -0.3 is 4.52 Å². The maximum Gasteiger partial charge on any atom is 0.280 e. The highest BCUT2D eigenvalue weighted by Crippen LogP contribution is 2.22. The molecule has 0 unspecified atom stereocenters. The van der Waals surface area contributed by atoms with E-state index >= 15 is 0 Å². The van der Waals surface area contributed by atoms with Crippen molar-refractivity contribution in [3.8, 4) is 0 Å². The zero-order valence-electron chi connectivity index (χ0n) is 11.8. The molecule has 2 aromatic heterocycles. The van der Waals surface area contributed by atoms with Crippen LogP contribution in [-0.2, 0) is 13.0 Å². The van der Waals surface area contributed by atoms with Gasteiger partial charge in [-0.3, -0.25) is 4.79 Å².